The largest absolute Gasteiger partial charge is 0.490 e. The minimum Gasteiger partial charge on any atom is -0.490 e. The molecule has 2 aromatic carbocycles. The SMILES string of the molecule is CNC(=O)c1cc(Oc2ccc(CNC(=O)Nc3cc(C)c(I)cc3OCCN)cc2C)ccn1. The van der Waals surface area contributed by atoms with Gasteiger partial charge in [0.2, 0.25) is 0 Å². The first-order chi connectivity index (χ1) is 16.8. The number of anilines is 1. The Kier molecular flexibility index (Phi) is 9.26. The van der Waals surface area contributed by atoms with E-state index in [1.807, 2.05) is 44.2 Å². The van der Waals surface area contributed by atoms with Crippen LogP contribution in [0.4, 0.5) is 10.5 Å². The first-order valence-electron chi connectivity index (χ1n) is 10.9. The first kappa shape index (κ1) is 26.2. The molecule has 0 aliphatic carbocycles. The van der Waals surface area contributed by atoms with E-state index in [9.17, 15) is 9.59 Å². The molecule has 0 atom stereocenters. The van der Waals surface area contributed by atoms with E-state index in [1.165, 1.54) is 6.20 Å². The van der Waals surface area contributed by atoms with E-state index in [2.05, 4.69) is 43.5 Å². The lowest BCUT2D eigenvalue weighted by atomic mass is 10.1. The number of aromatic nitrogens is 1. The Morgan fingerprint density at radius 2 is 1.86 bits per heavy atom. The predicted molar refractivity (Wildman–Crippen MR) is 143 cm³/mol. The van der Waals surface area contributed by atoms with Crippen LogP contribution in [0.25, 0.3) is 0 Å². The average molecular weight is 589 g/mol. The minimum absolute atomic E-state index is 0.273. The van der Waals surface area contributed by atoms with Gasteiger partial charge in [0.1, 0.15) is 29.5 Å². The molecule has 10 heteroatoms. The molecule has 3 aromatic rings. The second kappa shape index (κ2) is 12.4. The molecule has 0 fully saturated rings. The van der Waals surface area contributed by atoms with Gasteiger partial charge in [-0.15, -0.1) is 0 Å². The lowest BCUT2D eigenvalue weighted by Gasteiger charge is -2.15. The van der Waals surface area contributed by atoms with Gasteiger partial charge in [-0.05, 0) is 77.4 Å². The Labute approximate surface area is 217 Å². The van der Waals surface area contributed by atoms with Crippen molar-refractivity contribution in [3.05, 3.63) is 74.6 Å². The van der Waals surface area contributed by atoms with Crippen molar-refractivity contribution in [2.24, 2.45) is 5.73 Å². The van der Waals surface area contributed by atoms with E-state index in [0.717, 1.165) is 20.3 Å². The van der Waals surface area contributed by atoms with Gasteiger partial charge >= 0.3 is 6.03 Å². The molecule has 0 aliphatic heterocycles. The number of halogens is 1. The number of carbonyl (C=O) groups is 2. The van der Waals surface area contributed by atoms with E-state index >= 15 is 0 Å². The van der Waals surface area contributed by atoms with Gasteiger partial charge in [-0.25, -0.2) is 4.79 Å². The van der Waals surface area contributed by atoms with Crippen LogP contribution in [0.3, 0.4) is 0 Å². The monoisotopic (exact) mass is 589 g/mol. The van der Waals surface area contributed by atoms with Crippen molar-refractivity contribution in [3.63, 3.8) is 0 Å². The third kappa shape index (κ3) is 7.30. The topological polar surface area (TPSA) is 128 Å². The van der Waals surface area contributed by atoms with Crippen LogP contribution >= 0.6 is 22.6 Å². The number of nitrogens with zero attached hydrogens (tertiary/aromatic N) is 1. The van der Waals surface area contributed by atoms with Gasteiger partial charge in [0, 0.05) is 36.0 Å². The van der Waals surface area contributed by atoms with Crippen LogP contribution in [-0.4, -0.2) is 37.1 Å². The summed E-state index contributed by atoms with van der Waals surface area (Å²) >= 11 is 2.22. The summed E-state index contributed by atoms with van der Waals surface area (Å²) in [5, 5.41) is 8.25. The van der Waals surface area contributed by atoms with E-state index < -0.39 is 0 Å². The number of amides is 3. The van der Waals surface area contributed by atoms with E-state index in [1.54, 1.807) is 19.2 Å². The maximum atomic E-state index is 12.5. The number of nitrogens with one attached hydrogen (secondary N) is 3. The van der Waals surface area contributed by atoms with Crippen LogP contribution in [0.2, 0.25) is 0 Å². The maximum absolute atomic E-state index is 12.5. The molecule has 3 rings (SSSR count). The minimum atomic E-state index is -0.347. The number of nitrogens with two attached hydrogens (primary N) is 1. The fourth-order valence-corrected chi connectivity index (χ4v) is 3.63. The molecule has 0 aliphatic rings. The van der Waals surface area contributed by atoms with Crippen molar-refractivity contribution < 1.29 is 19.1 Å². The molecule has 3 amide bonds. The highest BCUT2D eigenvalue weighted by molar-refractivity contribution is 14.1. The smallest absolute Gasteiger partial charge is 0.319 e. The molecule has 1 aromatic heterocycles. The molecular weight excluding hydrogens is 561 g/mol. The second-order valence-corrected chi connectivity index (χ2v) is 8.86. The van der Waals surface area contributed by atoms with Crippen LogP contribution in [0, 0.1) is 17.4 Å². The summed E-state index contributed by atoms with van der Waals surface area (Å²) in [6.07, 6.45) is 1.52. The summed E-state index contributed by atoms with van der Waals surface area (Å²) in [6.45, 7) is 4.94. The quantitative estimate of drug-likeness (QED) is 0.278. The molecule has 0 saturated carbocycles. The zero-order valence-corrected chi connectivity index (χ0v) is 21.9. The summed E-state index contributed by atoms with van der Waals surface area (Å²) in [5.74, 6) is 1.44. The molecule has 0 radical (unpaired) electrons. The van der Waals surface area contributed by atoms with Gasteiger partial charge in [-0.3, -0.25) is 9.78 Å². The summed E-state index contributed by atoms with van der Waals surface area (Å²) in [7, 11) is 1.55. The van der Waals surface area contributed by atoms with Gasteiger partial charge in [-0.1, -0.05) is 12.1 Å². The summed E-state index contributed by atoms with van der Waals surface area (Å²) < 4.78 is 12.6. The Morgan fingerprint density at radius 1 is 1.06 bits per heavy atom. The first-order valence-corrected chi connectivity index (χ1v) is 12.0. The van der Waals surface area contributed by atoms with Crippen LogP contribution in [0.15, 0.2) is 48.7 Å². The van der Waals surface area contributed by atoms with Gasteiger partial charge < -0.3 is 31.2 Å². The molecule has 35 heavy (non-hydrogen) atoms. The van der Waals surface area contributed by atoms with Crippen LogP contribution in [0.1, 0.15) is 27.2 Å². The molecule has 0 saturated heterocycles. The lowest BCUT2D eigenvalue weighted by molar-refractivity contribution is 0.0958. The molecule has 184 valence electrons. The van der Waals surface area contributed by atoms with Crippen LogP contribution in [-0.2, 0) is 6.54 Å². The number of aryl methyl sites for hydroxylation is 2. The second-order valence-electron chi connectivity index (χ2n) is 7.70. The van der Waals surface area contributed by atoms with Crippen LogP contribution < -0.4 is 31.2 Å². The Morgan fingerprint density at radius 3 is 2.57 bits per heavy atom. The molecule has 0 bridgehead atoms. The Balaban J connectivity index is 1.62. The fraction of sp³-hybridized carbons (Fsp3) is 0.240. The van der Waals surface area contributed by atoms with Gasteiger partial charge in [-0.2, -0.15) is 0 Å². The highest BCUT2D eigenvalue weighted by atomic mass is 127. The van der Waals surface area contributed by atoms with Crippen LogP contribution in [0.5, 0.6) is 17.2 Å². The number of ether oxygens (including phenoxy) is 2. The van der Waals surface area contributed by atoms with Crippen molar-refractivity contribution >= 4 is 40.2 Å². The summed E-state index contributed by atoms with van der Waals surface area (Å²) in [6, 6.07) is 12.3. The number of urea groups is 1. The molecular formula is C25H28IN5O4. The molecule has 0 unspecified atom stereocenters. The van der Waals surface area contributed by atoms with Gasteiger partial charge in [0.25, 0.3) is 5.91 Å². The Bertz CT molecular complexity index is 1220. The van der Waals surface area contributed by atoms with Crippen molar-refractivity contribution in [3.8, 4) is 17.2 Å². The van der Waals surface area contributed by atoms with E-state index in [-0.39, 0.29) is 17.6 Å². The van der Waals surface area contributed by atoms with Crippen molar-refractivity contribution in [1.29, 1.82) is 0 Å². The van der Waals surface area contributed by atoms with Crippen molar-refractivity contribution in [2.75, 3.05) is 25.5 Å². The molecule has 1 heterocycles. The molecule has 9 nitrogen and oxygen atoms in total. The highest BCUT2D eigenvalue weighted by Crippen LogP contribution is 2.30. The number of benzene rings is 2. The standard InChI is InChI=1S/C25H28IN5O4/c1-15-11-20(23(13-19(15)26)34-9-7-27)31-25(33)30-14-17-4-5-22(16(2)10-17)35-18-6-8-29-21(12-18)24(32)28-3/h4-6,8,10-13H,7,9,14,27H2,1-3H3,(H,28,32)(H2,30,31,33). The third-order valence-electron chi connectivity index (χ3n) is 5.00. The van der Waals surface area contributed by atoms with E-state index in [0.29, 0.717) is 42.6 Å². The highest BCUT2D eigenvalue weighted by Gasteiger charge is 2.12. The average Bonchev–Trinajstić information content (AvgIpc) is 2.85. The Hall–Kier alpha value is -3.38. The van der Waals surface area contributed by atoms with Gasteiger partial charge in [0.05, 0.1) is 5.69 Å². The molecule has 5 N–H and O–H groups in total. The lowest BCUT2D eigenvalue weighted by Crippen LogP contribution is -2.28. The van der Waals surface area contributed by atoms with Crippen molar-refractivity contribution in [1.82, 2.24) is 15.6 Å². The number of carbonyl (C=O) groups excluding carboxylic acids is 2. The maximum Gasteiger partial charge on any atom is 0.319 e. The number of pyridine rings is 1. The third-order valence-corrected chi connectivity index (χ3v) is 6.16. The normalized spacial score (nSPS) is 10.4. The summed E-state index contributed by atoms with van der Waals surface area (Å²) in [4.78, 5) is 28.4. The molecule has 0 spiro atoms. The zero-order valence-electron chi connectivity index (χ0n) is 19.8. The number of hydrogen-bond acceptors (Lipinski definition) is 6. The summed E-state index contributed by atoms with van der Waals surface area (Å²) in [5.41, 5.74) is 9.22. The predicted octanol–water partition coefficient (Wildman–Crippen LogP) is 4.11. The number of rotatable bonds is 9. The fourth-order valence-electron chi connectivity index (χ4n) is 3.19. The van der Waals surface area contributed by atoms with E-state index in [4.69, 9.17) is 15.2 Å². The number of hydrogen-bond donors (Lipinski definition) is 4. The zero-order chi connectivity index (χ0) is 25.4. The van der Waals surface area contributed by atoms with Gasteiger partial charge in [0.15, 0.2) is 0 Å². The van der Waals surface area contributed by atoms with Crippen molar-refractivity contribution in [2.45, 2.75) is 20.4 Å².